The predicted octanol–water partition coefficient (Wildman–Crippen LogP) is 2.93. The molecule has 2 unspecified atom stereocenters. The molecule has 3 aliphatic heterocycles. The summed E-state index contributed by atoms with van der Waals surface area (Å²) in [5.74, 6) is -0.0430. The van der Waals surface area contributed by atoms with Crippen LogP contribution in [0.3, 0.4) is 0 Å². The number of allylic oxidation sites excluding steroid dienone is 2. The van der Waals surface area contributed by atoms with Crippen molar-refractivity contribution in [3.05, 3.63) is 35.5 Å². The van der Waals surface area contributed by atoms with Crippen LogP contribution in [0.4, 0.5) is 5.13 Å². The zero-order chi connectivity index (χ0) is 19.7. The van der Waals surface area contributed by atoms with Crippen molar-refractivity contribution >= 4 is 34.1 Å². The van der Waals surface area contributed by atoms with Crippen molar-refractivity contribution in [1.29, 1.82) is 0 Å². The number of amidine groups is 1. The third kappa shape index (κ3) is 3.66. The van der Waals surface area contributed by atoms with Crippen LogP contribution in [0.2, 0.25) is 0 Å². The predicted molar refractivity (Wildman–Crippen MR) is 110 cm³/mol. The van der Waals surface area contributed by atoms with Gasteiger partial charge < -0.3 is 4.90 Å². The van der Waals surface area contributed by atoms with Gasteiger partial charge in [-0.1, -0.05) is 12.5 Å². The van der Waals surface area contributed by atoms with Gasteiger partial charge in [-0.25, -0.2) is 4.98 Å². The van der Waals surface area contributed by atoms with Gasteiger partial charge >= 0.3 is 0 Å². The Morgan fingerprint density at radius 3 is 3.07 bits per heavy atom. The molecule has 4 heterocycles. The van der Waals surface area contributed by atoms with Crippen LogP contribution in [0.15, 0.2) is 35.6 Å². The Hall–Kier alpha value is -2.32. The summed E-state index contributed by atoms with van der Waals surface area (Å²) in [7, 11) is 0. The van der Waals surface area contributed by atoms with Crippen LogP contribution in [0.25, 0.3) is 0 Å². The molecule has 0 aliphatic carbocycles. The van der Waals surface area contributed by atoms with Gasteiger partial charge in [-0.15, -0.1) is 11.3 Å². The van der Waals surface area contributed by atoms with E-state index in [-0.39, 0.29) is 18.2 Å². The Bertz CT molecular complexity index is 874. The first-order chi connectivity index (χ1) is 13.5. The van der Waals surface area contributed by atoms with Gasteiger partial charge in [-0.05, 0) is 45.4 Å². The van der Waals surface area contributed by atoms with Crippen molar-refractivity contribution in [2.75, 3.05) is 11.9 Å². The van der Waals surface area contributed by atoms with Crippen LogP contribution in [0.1, 0.15) is 44.4 Å². The summed E-state index contributed by atoms with van der Waals surface area (Å²) in [6.45, 7) is 6.00. The number of rotatable bonds is 4. The molecule has 0 bridgehead atoms. The van der Waals surface area contributed by atoms with Gasteiger partial charge in [-0.3, -0.25) is 19.8 Å². The number of aromatic nitrogens is 1. The molecule has 1 saturated heterocycles. The van der Waals surface area contributed by atoms with Crippen LogP contribution in [-0.2, 0) is 16.1 Å². The second-order valence-electron chi connectivity index (χ2n) is 7.79. The summed E-state index contributed by atoms with van der Waals surface area (Å²) >= 11 is 1.50. The number of nitrogens with one attached hydrogen (secondary N) is 1. The minimum Gasteiger partial charge on any atom is -0.317 e. The van der Waals surface area contributed by atoms with Gasteiger partial charge in [0, 0.05) is 29.9 Å². The highest BCUT2D eigenvalue weighted by Crippen LogP contribution is 2.30. The lowest BCUT2D eigenvalue weighted by atomic mass is 9.91. The first-order valence-electron chi connectivity index (χ1n) is 9.72. The number of piperidine rings is 1. The van der Waals surface area contributed by atoms with Crippen molar-refractivity contribution in [2.24, 2.45) is 4.99 Å². The maximum absolute atomic E-state index is 13.1. The van der Waals surface area contributed by atoms with Crippen LogP contribution in [0.5, 0.6) is 0 Å². The summed E-state index contributed by atoms with van der Waals surface area (Å²) in [5.41, 5.74) is -1.03. The Balaban J connectivity index is 1.46. The number of carbonyl (C=O) groups is 2. The Kier molecular flexibility index (Phi) is 5.16. The highest BCUT2D eigenvalue weighted by atomic mass is 32.1. The number of carbonyl (C=O) groups excluding carboxylic acids is 2. The molecule has 1 fully saturated rings. The molecule has 0 aromatic carbocycles. The number of anilines is 1. The first kappa shape index (κ1) is 19.0. The van der Waals surface area contributed by atoms with Crippen LogP contribution in [-0.4, -0.2) is 50.6 Å². The highest BCUT2D eigenvalue weighted by molar-refractivity contribution is 7.15. The van der Waals surface area contributed by atoms with Crippen molar-refractivity contribution in [3.8, 4) is 0 Å². The lowest BCUT2D eigenvalue weighted by Gasteiger charge is -2.41. The molecule has 1 aromatic heterocycles. The number of amides is 2. The van der Waals surface area contributed by atoms with E-state index in [0.717, 1.165) is 18.0 Å². The number of aliphatic imine (C=N–C) groups is 1. The van der Waals surface area contributed by atoms with E-state index in [1.54, 1.807) is 30.2 Å². The van der Waals surface area contributed by atoms with Gasteiger partial charge in [0.15, 0.2) is 5.13 Å². The van der Waals surface area contributed by atoms with E-state index >= 15 is 0 Å². The molecule has 4 rings (SSSR count). The monoisotopic (exact) mass is 399 g/mol. The summed E-state index contributed by atoms with van der Waals surface area (Å²) in [4.78, 5) is 38.9. The lowest BCUT2D eigenvalue weighted by Crippen LogP contribution is -2.58. The molecular formula is C20H25N5O2S. The lowest BCUT2D eigenvalue weighted by molar-refractivity contribution is -0.130. The van der Waals surface area contributed by atoms with Crippen LogP contribution < -0.4 is 5.32 Å². The van der Waals surface area contributed by atoms with Crippen LogP contribution >= 0.6 is 11.3 Å². The topological polar surface area (TPSA) is 77.9 Å². The summed E-state index contributed by atoms with van der Waals surface area (Å²) in [6, 6.07) is 0.581. The minimum absolute atomic E-state index is 0.0318. The fourth-order valence-electron chi connectivity index (χ4n) is 3.94. The van der Waals surface area contributed by atoms with Gasteiger partial charge in [-0.2, -0.15) is 4.99 Å². The Morgan fingerprint density at radius 2 is 2.25 bits per heavy atom. The maximum Gasteiger partial charge on any atom is 0.252 e. The quantitative estimate of drug-likeness (QED) is 0.842. The number of hydrogen-bond acceptors (Lipinski definition) is 6. The van der Waals surface area contributed by atoms with Crippen molar-refractivity contribution in [2.45, 2.75) is 57.7 Å². The Morgan fingerprint density at radius 1 is 1.39 bits per heavy atom. The van der Waals surface area contributed by atoms with Crippen molar-refractivity contribution < 1.29 is 9.59 Å². The molecule has 148 valence electrons. The zero-order valence-electron chi connectivity index (χ0n) is 16.2. The molecule has 1 N–H and O–H groups in total. The van der Waals surface area contributed by atoms with E-state index in [9.17, 15) is 9.59 Å². The molecule has 8 heteroatoms. The van der Waals surface area contributed by atoms with Gasteiger partial charge in [0.1, 0.15) is 11.4 Å². The Labute approximate surface area is 168 Å². The highest BCUT2D eigenvalue weighted by Gasteiger charge is 2.45. The molecular weight excluding hydrogens is 374 g/mol. The first-order valence-corrected chi connectivity index (χ1v) is 10.5. The minimum atomic E-state index is -1.03. The van der Waals surface area contributed by atoms with E-state index < -0.39 is 5.54 Å². The van der Waals surface area contributed by atoms with Gasteiger partial charge in [0.2, 0.25) is 0 Å². The van der Waals surface area contributed by atoms with Gasteiger partial charge in [0.25, 0.3) is 11.8 Å². The molecule has 1 aromatic rings. The molecule has 28 heavy (non-hydrogen) atoms. The van der Waals surface area contributed by atoms with E-state index in [2.05, 4.69) is 27.1 Å². The third-order valence-corrected chi connectivity index (χ3v) is 6.56. The van der Waals surface area contributed by atoms with Crippen LogP contribution in [0, 0.1) is 0 Å². The standard InChI is InChI=1S/C20H25N5O2S/c1-14-7-3-5-9-24(14)13-15-12-21-19(28-15)23-18(27)20(2)11-17(26)22-16-8-4-6-10-25(16)20/h4,6,8,10,12,14H,3,5,7,9,11,13H2,1-2H3,(H,21,23,27). The van der Waals surface area contributed by atoms with E-state index in [4.69, 9.17) is 0 Å². The van der Waals surface area contributed by atoms with Gasteiger partial charge in [0.05, 0.1) is 6.42 Å². The molecule has 7 nitrogen and oxygen atoms in total. The number of likely N-dealkylation sites (tertiary alicyclic amines) is 1. The number of thiazole rings is 1. The zero-order valence-corrected chi connectivity index (χ0v) is 17.0. The van der Waals surface area contributed by atoms with E-state index in [0.29, 0.717) is 17.0 Å². The fraction of sp³-hybridized carbons (Fsp3) is 0.500. The summed E-state index contributed by atoms with van der Waals surface area (Å²) in [5, 5.41) is 3.49. The largest absolute Gasteiger partial charge is 0.317 e. The number of hydrogen-bond donors (Lipinski definition) is 1. The molecule has 2 amide bonds. The second-order valence-corrected chi connectivity index (χ2v) is 8.90. The maximum atomic E-state index is 13.1. The normalized spacial score (nSPS) is 27.5. The SMILES string of the molecule is CC1CCCCN1Cc1cnc(NC(=O)C2(C)CC(=O)N=C3C=CC=CN32)s1. The van der Waals surface area contributed by atoms with E-state index in [1.165, 1.54) is 30.6 Å². The molecule has 0 radical (unpaired) electrons. The van der Waals surface area contributed by atoms with Crippen molar-refractivity contribution in [3.63, 3.8) is 0 Å². The summed E-state index contributed by atoms with van der Waals surface area (Å²) < 4.78 is 0. The summed E-state index contributed by atoms with van der Waals surface area (Å²) in [6.07, 6.45) is 12.8. The molecule has 2 atom stereocenters. The molecule has 0 saturated carbocycles. The smallest absolute Gasteiger partial charge is 0.252 e. The second kappa shape index (κ2) is 7.60. The average Bonchev–Trinajstić information content (AvgIpc) is 3.10. The molecule has 3 aliphatic rings. The number of fused-ring (bicyclic) bond motifs is 1. The molecule has 0 spiro atoms. The number of nitrogens with zero attached hydrogens (tertiary/aromatic N) is 4. The van der Waals surface area contributed by atoms with E-state index in [1.807, 2.05) is 12.3 Å². The van der Waals surface area contributed by atoms with Crippen molar-refractivity contribution in [1.82, 2.24) is 14.8 Å². The third-order valence-electron chi connectivity index (χ3n) is 5.67. The average molecular weight is 400 g/mol. The fourth-order valence-corrected chi connectivity index (χ4v) is 4.78.